The van der Waals surface area contributed by atoms with E-state index in [1.807, 2.05) is 12.2 Å². The van der Waals surface area contributed by atoms with Crippen LogP contribution >= 0.6 is 15.9 Å². The van der Waals surface area contributed by atoms with E-state index >= 15 is 0 Å². The van der Waals surface area contributed by atoms with Crippen molar-refractivity contribution in [1.29, 1.82) is 0 Å². The second-order valence-electron chi connectivity index (χ2n) is 4.46. The summed E-state index contributed by atoms with van der Waals surface area (Å²) in [5.41, 5.74) is -0.568. The Morgan fingerprint density at radius 3 is 2.87 bits per heavy atom. The fourth-order valence-corrected chi connectivity index (χ4v) is 1.73. The van der Waals surface area contributed by atoms with Crippen LogP contribution in [0, 0.1) is 0 Å². The van der Waals surface area contributed by atoms with Gasteiger partial charge >= 0.3 is 6.09 Å². The van der Waals surface area contributed by atoms with E-state index < -0.39 is 23.0 Å². The maximum Gasteiger partial charge on any atom is 0.410 e. The minimum atomic E-state index is -1.62. The van der Waals surface area contributed by atoms with Crippen molar-refractivity contribution in [2.24, 2.45) is 0 Å². The molecule has 15 heavy (non-hydrogen) atoms. The molecule has 1 heterocycles. The molecular weight excluding hydrogens is 258 g/mol. The number of hydrogen-bond acceptors (Lipinski definition) is 2. The number of ether oxygens (including phenoxy) is 1. The van der Waals surface area contributed by atoms with Crippen molar-refractivity contribution in [2.45, 2.75) is 38.8 Å². The first-order chi connectivity index (χ1) is 7.61. The average molecular weight is 278 g/mol. The van der Waals surface area contributed by atoms with E-state index in [1.54, 1.807) is 20.8 Å². The van der Waals surface area contributed by atoms with Crippen LogP contribution in [-0.2, 0) is 4.74 Å². The number of hydrogen-bond donors (Lipinski definition) is 0. The standard InChI is InChI=1S/C11H18BrNO2/c1-11(2,3)15-10(14)13-7-5-4-6-9(13)8-12/h4-5,9H,6-8H2,1-3H3/i8D2. The molecule has 1 rings (SSSR count). The molecule has 0 saturated carbocycles. The van der Waals surface area contributed by atoms with Crippen LogP contribution in [0.4, 0.5) is 4.79 Å². The van der Waals surface area contributed by atoms with Gasteiger partial charge in [0.25, 0.3) is 0 Å². The molecular formula is C11H18BrNO2. The van der Waals surface area contributed by atoms with Crippen molar-refractivity contribution in [3.63, 3.8) is 0 Å². The second-order valence-corrected chi connectivity index (χ2v) is 4.92. The number of alkyl halides is 1. The average Bonchev–Trinajstić information content (AvgIpc) is 2.13. The Morgan fingerprint density at radius 1 is 1.67 bits per heavy atom. The highest BCUT2D eigenvalue weighted by molar-refractivity contribution is 9.09. The molecule has 0 saturated heterocycles. The molecule has 1 unspecified atom stereocenters. The quantitative estimate of drug-likeness (QED) is 0.545. The summed E-state index contributed by atoms with van der Waals surface area (Å²) >= 11 is 2.98. The van der Waals surface area contributed by atoms with Crippen LogP contribution in [0.3, 0.4) is 0 Å². The maximum absolute atomic E-state index is 12.0. The Hall–Kier alpha value is -0.510. The molecule has 0 bridgehead atoms. The Balaban J connectivity index is 2.80. The zero-order valence-electron chi connectivity index (χ0n) is 11.3. The molecule has 1 aliphatic heterocycles. The molecule has 0 N–H and O–H groups in total. The Bertz CT molecular complexity index is 320. The summed E-state index contributed by atoms with van der Waals surface area (Å²) in [6, 6.07) is -0.539. The van der Waals surface area contributed by atoms with Crippen LogP contribution in [0.15, 0.2) is 12.2 Å². The first kappa shape index (κ1) is 9.70. The van der Waals surface area contributed by atoms with E-state index in [0.717, 1.165) is 0 Å². The van der Waals surface area contributed by atoms with Crippen LogP contribution in [0.5, 0.6) is 0 Å². The lowest BCUT2D eigenvalue weighted by Gasteiger charge is -2.33. The largest absolute Gasteiger partial charge is 0.444 e. The maximum atomic E-state index is 12.0. The summed E-state index contributed by atoms with van der Waals surface area (Å²) < 4.78 is 20.6. The lowest BCUT2D eigenvalue weighted by Crippen LogP contribution is -2.45. The first-order valence-electron chi connectivity index (χ1n) is 5.95. The summed E-state index contributed by atoms with van der Waals surface area (Å²) in [5.74, 6) is 0. The topological polar surface area (TPSA) is 29.5 Å². The number of amides is 1. The van der Waals surface area contributed by atoms with Crippen LogP contribution < -0.4 is 0 Å². The molecule has 86 valence electrons. The van der Waals surface area contributed by atoms with Crippen LogP contribution in [0.25, 0.3) is 0 Å². The predicted octanol–water partition coefficient (Wildman–Crippen LogP) is 2.95. The molecule has 0 radical (unpaired) electrons. The van der Waals surface area contributed by atoms with Crippen molar-refractivity contribution >= 4 is 22.0 Å². The van der Waals surface area contributed by atoms with Gasteiger partial charge in [0.05, 0.1) is 0 Å². The van der Waals surface area contributed by atoms with E-state index in [1.165, 1.54) is 4.90 Å². The van der Waals surface area contributed by atoms with Crippen molar-refractivity contribution < 1.29 is 12.3 Å². The Labute approximate surface area is 102 Å². The molecule has 1 atom stereocenters. The van der Waals surface area contributed by atoms with Gasteiger partial charge in [-0.3, -0.25) is 0 Å². The molecule has 1 amide bonds. The van der Waals surface area contributed by atoms with Gasteiger partial charge in [0.2, 0.25) is 0 Å². The molecule has 0 fully saturated rings. The smallest absolute Gasteiger partial charge is 0.410 e. The summed E-state index contributed by atoms with van der Waals surface area (Å²) in [6.45, 7) is 5.76. The predicted molar refractivity (Wildman–Crippen MR) is 64.3 cm³/mol. The number of carbonyl (C=O) groups is 1. The minimum Gasteiger partial charge on any atom is -0.444 e. The van der Waals surface area contributed by atoms with Gasteiger partial charge in [-0.2, -0.15) is 0 Å². The molecule has 0 aliphatic carbocycles. The van der Waals surface area contributed by atoms with Gasteiger partial charge in [-0.1, -0.05) is 28.1 Å². The Morgan fingerprint density at radius 2 is 2.33 bits per heavy atom. The van der Waals surface area contributed by atoms with E-state index in [9.17, 15) is 4.79 Å². The summed E-state index contributed by atoms with van der Waals surface area (Å²) in [4.78, 5) is 13.4. The van der Waals surface area contributed by atoms with Gasteiger partial charge in [0, 0.05) is 20.6 Å². The van der Waals surface area contributed by atoms with E-state index in [-0.39, 0.29) is 0 Å². The number of carbonyl (C=O) groups excluding carboxylic acids is 1. The van der Waals surface area contributed by atoms with Crippen molar-refractivity contribution in [3.05, 3.63) is 12.2 Å². The third-order valence-electron chi connectivity index (χ3n) is 1.96. The third kappa shape index (κ3) is 3.86. The molecule has 0 spiro atoms. The van der Waals surface area contributed by atoms with E-state index in [4.69, 9.17) is 7.48 Å². The molecule has 0 aromatic heterocycles. The normalized spacial score (nSPS) is 24.5. The molecule has 0 aromatic rings. The first-order valence-corrected chi connectivity index (χ1v) is 5.74. The number of nitrogens with zero attached hydrogens (tertiary/aromatic N) is 1. The van der Waals surface area contributed by atoms with Crippen LogP contribution in [0.1, 0.15) is 29.9 Å². The lowest BCUT2D eigenvalue weighted by atomic mass is 10.1. The summed E-state index contributed by atoms with van der Waals surface area (Å²) in [7, 11) is 0. The van der Waals surface area contributed by atoms with Crippen molar-refractivity contribution in [2.75, 3.05) is 11.8 Å². The van der Waals surface area contributed by atoms with Crippen LogP contribution in [0.2, 0.25) is 0 Å². The lowest BCUT2D eigenvalue weighted by molar-refractivity contribution is 0.0200. The molecule has 4 heteroatoms. The second kappa shape index (κ2) is 5.01. The van der Waals surface area contributed by atoms with Crippen molar-refractivity contribution in [1.82, 2.24) is 4.90 Å². The number of halogens is 1. The van der Waals surface area contributed by atoms with Gasteiger partial charge in [-0.25, -0.2) is 4.79 Å². The van der Waals surface area contributed by atoms with E-state index in [0.29, 0.717) is 13.0 Å². The highest BCUT2D eigenvalue weighted by atomic mass is 79.9. The van der Waals surface area contributed by atoms with Gasteiger partial charge < -0.3 is 9.64 Å². The van der Waals surface area contributed by atoms with Gasteiger partial charge in [0.1, 0.15) is 5.60 Å². The Kier molecular flexibility index (Phi) is 3.24. The van der Waals surface area contributed by atoms with Gasteiger partial charge in [0.15, 0.2) is 0 Å². The molecule has 0 aromatic carbocycles. The SMILES string of the molecule is [2H]C([2H])(Br)C1CC=CCN1C(=O)OC(C)(C)C. The third-order valence-corrected chi connectivity index (χ3v) is 2.49. The van der Waals surface area contributed by atoms with Crippen molar-refractivity contribution in [3.8, 4) is 0 Å². The molecule has 3 nitrogen and oxygen atoms in total. The van der Waals surface area contributed by atoms with E-state index in [2.05, 4.69) is 15.9 Å². The van der Waals surface area contributed by atoms with Gasteiger partial charge in [-0.05, 0) is 27.2 Å². The summed E-state index contributed by atoms with van der Waals surface area (Å²) in [5, 5.41) is -1.62. The highest BCUT2D eigenvalue weighted by Gasteiger charge is 2.27. The zero-order chi connectivity index (χ0) is 13.3. The zero-order valence-corrected chi connectivity index (χ0v) is 10.9. The fourth-order valence-electron chi connectivity index (χ4n) is 1.29. The fraction of sp³-hybridized carbons (Fsp3) is 0.727. The minimum absolute atomic E-state index is 0.380. The summed E-state index contributed by atoms with van der Waals surface area (Å²) in [6.07, 6.45) is 3.73. The highest BCUT2D eigenvalue weighted by Crippen LogP contribution is 2.17. The van der Waals surface area contributed by atoms with Crippen LogP contribution in [-0.4, -0.2) is 34.5 Å². The molecule has 1 aliphatic rings. The number of rotatable bonds is 1. The van der Waals surface area contributed by atoms with Gasteiger partial charge in [-0.15, -0.1) is 0 Å². The monoisotopic (exact) mass is 277 g/mol.